The Morgan fingerprint density at radius 1 is 1.30 bits per heavy atom. The third kappa shape index (κ3) is 3.55. The normalized spacial score (nSPS) is 20.0. The van der Waals surface area contributed by atoms with E-state index >= 15 is 0 Å². The maximum Gasteiger partial charge on any atom is 0.157 e. The largest absolute Gasteiger partial charge is 0.374 e. The van der Waals surface area contributed by atoms with E-state index in [1.165, 1.54) is 17.7 Å². The molecule has 2 rings (SSSR count). The molecule has 1 aromatic rings. The number of methoxy groups -OCH3 is 1. The Morgan fingerprint density at radius 2 is 2.05 bits per heavy atom. The molecule has 0 spiro atoms. The van der Waals surface area contributed by atoms with Gasteiger partial charge in [-0.3, -0.25) is 0 Å². The summed E-state index contributed by atoms with van der Waals surface area (Å²) in [7, 11) is 1.70. The molecule has 4 nitrogen and oxygen atoms in total. The molecule has 1 aliphatic carbocycles. The minimum absolute atomic E-state index is 0.0284. The first-order chi connectivity index (χ1) is 9.51. The average Bonchev–Trinajstić information content (AvgIpc) is 2.44. The highest BCUT2D eigenvalue weighted by atomic mass is 16.5. The van der Waals surface area contributed by atoms with E-state index in [-0.39, 0.29) is 6.10 Å². The van der Waals surface area contributed by atoms with Crippen molar-refractivity contribution in [1.82, 2.24) is 15.3 Å². The van der Waals surface area contributed by atoms with Crippen LogP contribution in [0.4, 0.5) is 0 Å². The number of hydrogen-bond donors (Lipinski definition) is 1. The molecular formula is C16H27N3O. The van der Waals surface area contributed by atoms with Crippen LogP contribution in [0.15, 0.2) is 0 Å². The van der Waals surface area contributed by atoms with E-state index in [9.17, 15) is 0 Å². The van der Waals surface area contributed by atoms with Gasteiger partial charge in [-0.05, 0) is 51.1 Å². The monoisotopic (exact) mass is 277 g/mol. The first kappa shape index (κ1) is 15.4. The molecule has 0 radical (unpaired) electrons. The van der Waals surface area contributed by atoms with E-state index in [0.29, 0.717) is 12.0 Å². The predicted octanol–water partition coefficient (Wildman–Crippen LogP) is 2.60. The van der Waals surface area contributed by atoms with Gasteiger partial charge < -0.3 is 10.1 Å². The minimum atomic E-state index is -0.0284. The molecule has 112 valence electrons. The molecule has 1 heterocycles. The Morgan fingerprint density at radius 3 is 2.70 bits per heavy atom. The van der Waals surface area contributed by atoms with Crippen LogP contribution in [-0.4, -0.2) is 29.7 Å². The SMILES string of the molecule is COC(C)c1nc(C)c2c(n1)CCC(CNC(C)C)C2. The Labute approximate surface area is 122 Å². The summed E-state index contributed by atoms with van der Waals surface area (Å²) in [5.74, 6) is 1.53. The Hall–Kier alpha value is -1.00. The molecule has 0 aromatic carbocycles. The van der Waals surface area contributed by atoms with E-state index in [1.54, 1.807) is 7.11 Å². The second-order valence-electron chi connectivity index (χ2n) is 6.14. The molecule has 0 saturated heterocycles. The van der Waals surface area contributed by atoms with Crippen molar-refractivity contribution in [2.24, 2.45) is 5.92 Å². The number of rotatable bonds is 5. The second kappa shape index (κ2) is 6.64. The van der Waals surface area contributed by atoms with Crippen LogP contribution in [0.3, 0.4) is 0 Å². The van der Waals surface area contributed by atoms with Gasteiger partial charge in [0.15, 0.2) is 5.82 Å². The summed E-state index contributed by atoms with van der Waals surface area (Å²) in [5, 5.41) is 3.54. The predicted molar refractivity (Wildman–Crippen MR) is 80.8 cm³/mol. The van der Waals surface area contributed by atoms with Gasteiger partial charge in [0.2, 0.25) is 0 Å². The number of ether oxygens (including phenoxy) is 1. The average molecular weight is 277 g/mol. The van der Waals surface area contributed by atoms with Crippen molar-refractivity contribution >= 4 is 0 Å². The molecule has 0 bridgehead atoms. The number of aromatic nitrogens is 2. The quantitative estimate of drug-likeness (QED) is 0.898. The highest BCUT2D eigenvalue weighted by Gasteiger charge is 2.23. The summed E-state index contributed by atoms with van der Waals surface area (Å²) in [6, 6.07) is 0.554. The van der Waals surface area contributed by atoms with Gasteiger partial charge in [0.1, 0.15) is 6.10 Å². The Balaban J connectivity index is 2.13. The highest BCUT2D eigenvalue weighted by Crippen LogP contribution is 2.27. The molecule has 1 aromatic heterocycles. The number of aryl methyl sites for hydroxylation is 2. The molecule has 2 unspecified atom stereocenters. The lowest BCUT2D eigenvalue weighted by atomic mass is 9.85. The molecule has 20 heavy (non-hydrogen) atoms. The molecule has 2 atom stereocenters. The van der Waals surface area contributed by atoms with E-state index in [1.807, 2.05) is 6.92 Å². The smallest absolute Gasteiger partial charge is 0.157 e. The van der Waals surface area contributed by atoms with Crippen molar-refractivity contribution in [3.8, 4) is 0 Å². The van der Waals surface area contributed by atoms with Crippen molar-refractivity contribution in [3.05, 3.63) is 22.8 Å². The van der Waals surface area contributed by atoms with Gasteiger partial charge in [0.25, 0.3) is 0 Å². The summed E-state index contributed by atoms with van der Waals surface area (Å²) in [5.41, 5.74) is 3.72. The summed E-state index contributed by atoms with van der Waals surface area (Å²) < 4.78 is 5.33. The van der Waals surface area contributed by atoms with Gasteiger partial charge in [0.05, 0.1) is 0 Å². The molecule has 0 fully saturated rings. The standard InChI is InChI=1S/C16H27N3O/c1-10(2)17-9-13-6-7-15-14(8-13)11(3)18-16(19-15)12(4)20-5/h10,12-13,17H,6-9H2,1-5H3. The zero-order valence-electron chi connectivity index (χ0n) is 13.4. The maximum atomic E-state index is 5.33. The van der Waals surface area contributed by atoms with Gasteiger partial charge in [-0.1, -0.05) is 13.8 Å². The third-order valence-corrected chi connectivity index (χ3v) is 4.13. The number of nitrogens with one attached hydrogen (secondary N) is 1. The summed E-state index contributed by atoms with van der Waals surface area (Å²) in [6.45, 7) is 9.59. The molecule has 0 amide bonds. The van der Waals surface area contributed by atoms with Crippen LogP contribution in [0.1, 0.15) is 56.1 Å². The Kier molecular flexibility index (Phi) is 5.11. The molecule has 4 heteroatoms. The van der Waals surface area contributed by atoms with E-state index < -0.39 is 0 Å². The van der Waals surface area contributed by atoms with Crippen LogP contribution in [-0.2, 0) is 17.6 Å². The second-order valence-corrected chi connectivity index (χ2v) is 6.14. The first-order valence-corrected chi connectivity index (χ1v) is 7.63. The molecule has 1 aliphatic rings. The van der Waals surface area contributed by atoms with Crippen molar-refractivity contribution < 1.29 is 4.74 Å². The van der Waals surface area contributed by atoms with Crippen molar-refractivity contribution in [2.45, 2.75) is 59.1 Å². The summed E-state index contributed by atoms with van der Waals surface area (Å²) in [4.78, 5) is 9.35. The summed E-state index contributed by atoms with van der Waals surface area (Å²) >= 11 is 0. The van der Waals surface area contributed by atoms with Crippen LogP contribution in [0, 0.1) is 12.8 Å². The van der Waals surface area contributed by atoms with Crippen LogP contribution in [0.5, 0.6) is 0 Å². The van der Waals surface area contributed by atoms with Gasteiger partial charge in [0, 0.05) is 24.5 Å². The van der Waals surface area contributed by atoms with E-state index in [0.717, 1.165) is 30.9 Å². The third-order valence-electron chi connectivity index (χ3n) is 4.13. The molecule has 0 aliphatic heterocycles. The first-order valence-electron chi connectivity index (χ1n) is 7.63. The van der Waals surface area contributed by atoms with Crippen LogP contribution in [0.2, 0.25) is 0 Å². The fourth-order valence-corrected chi connectivity index (χ4v) is 2.75. The topological polar surface area (TPSA) is 47.0 Å². The fraction of sp³-hybridized carbons (Fsp3) is 0.750. The fourth-order valence-electron chi connectivity index (χ4n) is 2.75. The highest BCUT2D eigenvalue weighted by molar-refractivity contribution is 5.28. The minimum Gasteiger partial charge on any atom is -0.374 e. The van der Waals surface area contributed by atoms with Gasteiger partial charge >= 0.3 is 0 Å². The molecule has 0 saturated carbocycles. The summed E-state index contributed by atoms with van der Waals surface area (Å²) in [6.07, 6.45) is 3.35. The number of nitrogens with zero attached hydrogens (tertiary/aromatic N) is 2. The molecule has 1 N–H and O–H groups in total. The zero-order valence-corrected chi connectivity index (χ0v) is 13.4. The van der Waals surface area contributed by atoms with Crippen LogP contribution < -0.4 is 5.32 Å². The lowest BCUT2D eigenvalue weighted by Crippen LogP contribution is -2.32. The van der Waals surface area contributed by atoms with Gasteiger partial charge in [-0.25, -0.2) is 9.97 Å². The van der Waals surface area contributed by atoms with Crippen molar-refractivity contribution in [2.75, 3.05) is 13.7 Å². The number of fused-ring (bicyclic) bond motifs is 1. The van der Waals surface area contributed by atoms with Crippen LogP contribution >= 0.6 is 0 Å². The van der Waals surface area contributed by atoms with Crippen LogP contribution in [0.25, 0.3) is 0 Å². The Bertz CT molecular complexity index is 459. The van der Waals surface area contributed by atoms with E-state index in [2.05, 4.69) is 31.1 Å². The van der Waals surface area contributed by atoms with Gasteiger partial charge in [-0.15, -0.1) is 0 Å². The van der Waals surface area contributed by atoms with Crippen molar-refractivity contribution in [3.63, 3.8) is 0 Å². The van der Waals surface area contributed by atoms with Gasteiger partial charge in [-0.2, -0.15) is 0 Å². The lowest BCUT2D eigenvalue weighted by molar-refractivity contribution is 0.111. The lowest BCUT2D eigenvalue weighted by Gasteiger charge is -2.26. The molecular weight excluding hydrogens is 250 g/mol. The van der Waals surface area contributed by atoms with E-state index in [4.69, 9.17) is 9.72 Å². The van der Waals surface area contributed by atoms with Crippen molar-refractivity contribution in [1.29, 1.82) is 0 Å². The maximum absolute atomic E-state index is 5.33. The zero-order chi connectivity index (χ0) is 14.7. The number of hydrogen-bond acceptors (Lipinski definition) is 4.